The van der Waals surface area contributed by atoms with E-state index in [9.17, 15) is 4.79 Å². The van der Waals surface area contributed by atoms with Crippen LogP contribution in [0.1, 0.15) is 12.0 Å². The molecule has 1 aliphatic rings. The van der Waals surface area contributed by atoms with Crippen LogP contribution in [0.15, 0.2) is 53.7 Å². The number of nitrogens with zero attached hydrogens (tertiary/aromatic N) is 1. The molecule has 1 saturated heterocycles. The van der Waals surface area contributed by atoms with Gasteiger partial charge >= 0.3 is 6.03 Å². The molecule has 126 valence electrons. The van der Waals surface area contributed by atoms with Gasteiger partial charge in [-0.1, -0.05) is 18.2 Å². The molecule has 0 unspecified atom stereocenters. The molecule has 1 aliphatic heterocycles. The van der Waals surface area contributed by atoms with E-state index in [0.717, 1.165) is 41.7 Å². The molecule has 0 aliphatic carbocycles. The molecule has 5 nitrogen and oxygen atoms in total. The van der Waals surface area contributed by atoms with E-state index in [4.69, 9.17) is 4.74 Å². The number of nitrogens with one attached hydrogen (secondary N) is 2. The Bertz CT molecular complexity index is 660. The molecule has 0 spiro atoms. The van der Waals surface area contributed by atoms with Gasteiger partial charge in [-0.15, -0.1) is 11.8 Å². The predicted octanol–water partition coefficient (Wildman–Crippen LogP) is 3.53. The lowest BCUT2D eigenvalue weighted by molar-refractivity contribution is 0.185. The summed E-state index contributed by atoms with van der Waals surface area (Å²) in [6, 6.07) is 13.6. The number of carbonyl (C=O) groups is 1. The van der Waals surface area contributed by atoms with Gasteiger partial charge in [0.2, 0.25) is 0 Å². The first-order valence-electron chi connectivity index (χ1n) is 8.05. The lowest BCUT2D eigenvalue weighted by Gasteiger charge is -2.11. The monoisotopic (exact) mass is 343 g/mol. The summed E-state index contributed by atoms with van der Waals surface area (Å²) in [5.41, 5.74) is 1.95. The second-order valence-corrected chi connectivity index (χ2v) is 6.72. The minimum Gasteiger partial charge on any atom is -0.381 e. The summed E-state index contributed by atoms with van der Waals surface area (Å²) in [5.74, 6) is 1.24. The molecule has 2 aromatic rings. The van der Waals surface area contributed by atoms with E-state index in [0.29, 0.717) is 12.5 Å². The zero-order valence-corrected chi connectivity index (χ0v) is 14.2. The number of benzene rings is 1. The number of pyridine rings is 1. The van der Waals surface area contributed by atoms with E-state index in [1.807, 2.05) is 36.4 Å². The number of rotatable bonds is 6. The Labute approximate surface area is 146 Å². The first kappa shape index (κ1) is 16.8. The molecule has 6 heteroatoms. The summed E-state index contributed by atoms with van der Waals surface area (Å²) in [5, 5.41) is 6.79. The highest BCUT2D eigenvalue weighted by Gasteiger charge is 2.16. The molecule has 0 saturated carbocycles. The van der Waals surface area contributed by atoms with Gasteiger partial charge in [0.1, 0.15) is 0 Å². The number of thioether (sulfide) groups is 1. The van der Waals surface area contributed by atoms with Crippen molar-refractivity contribution in [1.29, 1.82) is 0 Å². The van der Waals surface area contributed by atoms with Crippen LogP contribution in [-0.4, -0.2) is 30.8 Å². The van der Waals surface area contributed by atoms with Gasteiger partial charge in [0.25, 0.3) is 0 Å². The first-order valence-corrected chi connectivity index (χ1v) is 9.03. The number of ether oxygens (including phenoxy) is 1. The number of urea groups is 1. The van der Waals surface area contributed by atoms with E-state index in [1.165, 1.54) is 0 Å². The van der Waals surface area contributed by atoms with Gasteiger partial charge in [-0.2, -0.15) is 0 Å². The van der Waals surface area contributed by atoms with Gasteiger partial charge in [0.15, 0.2) is 0 Å². The largest absolute Gasteiger partial charge is 0.381 e. The topological polar surface area (TPSA) is 63.2 Å². The third kappa shape index (κ3) is 5.25. The van der Waals surface area contributed by atoms with E-state index in [2.05, 4.69) is 21.7 Å². The van der Waals surface area contributed by atoms with Gasteiger partial charge < -0.3 is 15.4 Å². The Balaban J connectivity index is 1.48. The fourth-order valence-corrected chi connectivity index (χ4v) is 3.29. The summed E-state index contributed by atoms with van der Waals surface area (Å²) in [6.07, 6.45) is 2.81. The molecule has 1 aromatic heterocycles. The summed E-state index contributed by atoms with van der Waals surface area (Å²) in [6.45, 7) is 2.19. The molecule has 0 radical (unpaired) electrons. The molecule has 1 atom stereocenters. The summed E-state index contributed by atoms with van der Waals surface area (Å²) < 4.78 is 5.31. The molecule has 3 rings (SSSR count). The molecule has 1 aromatic carbocycles. The van der Waals surface area contributed by atoms with Crippen molar-refractivity contribution in [3.05, 3.63) is 54.2 Å². The van der Waals surface area contributed by atoms with Crippen molar-refractivity contribution in [2.24, 2.45) is 5.92 Å². The summed E-state index contributed by atoms with van der Waals surface area (Å²) in [7, 11) is 0. The lowest BCUT2D eigenvalue weighted by atomic mass is 10.1. The van der Waals surface area contributed by atoms with Crippen molar-refractivity contribution in [3.8, 4) is 0 Å². The van der Waals surface area contributed by atoms with Crippen LogP contribution in [0, 0.1) is 5.92 Å². The van der Waals surface area contributed by atoms with Crippen LogP contribution < -0.4 is 10.6 Å². The van der Waals surface area contributed by atoms with Crippen LogP contribution in [0.25, 0.3) is 0 Å². The molecule has 1 fully saturated rings. The molecular weight excluding hydrogens is 322 g/mol. The third-order valence-corrected chi connectivity index (χ3v) is 4.80. The Morgan fingerprint density at radius 1 is 1.29 bits per heavy atom. The van der Waals surface area contributed by atoms with Crippen LogP contribution in [0.5, 0.6) is 0 Å². The maximum absolute atomic E-state index is 12.0. The highest BCUT2D eigenvalue weighted by atomic mass is 32.2. The second kappa shape index (κ2) is 8.70. The molecule has 2 N–H and O–H groups in total. The van der Waals surface area contributed by atoms with E-state index in [1.54, 1.807) is 18.0 Å². The second-order valence-electron chi connectivity index (χ2n) is 5.72. The van der Waals surface area contributed by atoms with Crippen molar-refractivity contribution < 1.29 is 9.53 Å². The van der Waals surface area contributed by atoms with Gasteiger partial charge in [0.05, 0.1) is 11.6 Å². The number of hydrogen-bond acceptors (Lipinski definition) is 4. The van der Waals surface area contributed by atoms with Crippen molar-refractivity contribution >= 4 is 23.5 Å². The van der Waals surface area contributed by atoms with E-state index in [-0.39, 0.29) is 6.03 Å². The number of anilines is 1. The van der Waals surface area contributed by atoms with Crippen LogP contribution >= 0.6 is 11.8 Å². The van der Waals surface area contributed by atoms with Gasteiger partial charge in [-0.25, -0.2) is 9.78 Å². The van der Waals surface area contributed by atoms with Gasteiger partial charge in [0, 0.05) is 36.7 Å². The zero-order valence-electron chi connectivity index (χ0n) is 13.4. The maximum Gasteiger partial charge on any atom is 0.319 e. The zero-order chi connectivity index (χ0) is 16.6. The number of carbonyl (C=O) groups excluding carboxylic acids is 1. The van der Waals surface area contributed by atoms with E-state index >= 15 is 0 Å². The van der Waals surface area contributed by atoms with Crippen LogP contribution in [-0.2, 0) is 10.5 Å². The molecular formula is C18H21N3O2S. The highest BCUT2D eigenvalue weighted by molar-refractivity contribution is 7.98. The smallest absolute Gasteiger partial charge is 0.319 e. The van der Waals surface area contributed by atoms with Crippen LogP contribution in [0.2, 0.25) is 0 Å². The summed E-state index contributed by atoms with van der Waals surface area (Å²) in [4.78, 5) is 16.3. The highest BCUT2D eigenvalue weighted by Crippen LogP contribution is 2.22. The Hall–Kier alpha value is -2.05. The number of aromatic nitrogens is 1. The molecule has 2 heterocycles. The Morgan fingerprint density at radius 2 is 2.25 bits per heavy atom. The summed E-state index contributed by atoms with van der Waals surface area (Å²) >= 11 is 1.67. The van der Waals surface area contributed by atoms with E-state index < -0.39 is 0 Å². The standard InChI is InChI=1S/C18H21N3O2S/c22-18(20-11-15-7-9-23-12-15)21-16-5-3-4-14(10-16)13-24-17-6-1-2-8-19-17/h1-6,8,10,15H,7,9,11-13H2,(H2,20,21,22)/t15-/m0/s1. The SMILES string of the molecule is O=C(NC[C@@H]1CCOC1)Nc1cccc(CSc2ccccn2)c1. The maximum atomic E-state index is 12.0. The molecule has 0 bridgehead atoms. The first-order chi connectivity index (χ1) is 11.8. The quantitative estimate of drug-likeness (QED) is 0.788. The fourth-order valence-electron chi connectivity index (χ4n) is 2.49. The third-order valence-electron chi connectivity index (χ3n) is 3.78. The predicted molar refractivity (Wildman–Crippen MR) is 96.2 cm³/mol. The van der Waals surface area contributed by atoms with Crippen molar-refractivity contribution in [3.63, 3.8) is 0 Å². The number of hydrogen-bond donors (Lipinski definition) is 2. The van der Waals surface area contributed by atoms with Crippen LogP contribution in [0.3, 0.4) is 0 Å². The Morgan fingerprint density at radius 3 is 3.04 bits per heavy atom. The van der Waals surface area contributed by atoms with Crippen LogP contribution in [0.4, 0.5) is 10.5 Å². The van der Waals surface area contributed by atoms with Crippen molar-refractivity contribution in [1.82, 2.24) is 10.3 Å². The van der Waals surface area contributed by atoms with Crippen molar-refractivity contribution in [2.45, 2.75) is 17.2 Å². The average molecular weight is 343 g/mol. The molecule has 2 amide bonds. The minimum absolute atomic E-state index is 0.170. The van der Waals surface area contributed by atoms with Gasteiger partial charge in [-0.05, 0) is 36.2 Å². The van der Waals surface area contributed by atoms with Gasteiger partial charge in [-0.3, -0.25) is 0 Å². The van der Waals surface area contributed by atoms with Crippen molar-refractivity contribution in [2.75, 3.05) is 25.1 Å². The Kier molecular flexibility index (Phi) is 6.09. The molecule has 24 heavy (non-hydrogen) atoms. The normalized spacial score (nSPS) is 16.8. The number of amides is 2. The minimum atomic E-state index is -0.170. The fraction of sp³-hybridized carbons (Fsp3) is 0.333. The average Bonchev–Trinajstić information content (AvgIpc) is 3.13. The lowest BCUT2D eigenvalue weighted by Crippen LogP contribution is -2.33.